The molecule has 0 spiro atoms. The molecule has 0 aromatic carbocycles. The summed E-state index contributed by atoms with van der Waals surface area (Å²) in [6, 6.07) is 0. The average Bonchev–Trinajstić information content (AvgIpc) is 3.39. The van der Waals surface area contributed by atoms with E-state index in [0.29, 0.717) is 16.9 Å². The molecule has 0 saturated heterocycles. The van der Waals surface area contributed by atoms with Gasteiger partial charge in [0.05, 0.1) is 5.03 Å². The van der Waals surface area contributed by atoms with Crippen molar-refractivity contribution in [3.05, 3.63) is 45.7 Å². The molecule has 2 rings (SSSR count). The lowest BCUT2D eigenvalue weighted by Crippen LogP contribution is -2.15. The minimum atomic E-state index is 0.107. The van der Waals surface area contributed by atoms with Crippen LogP contribution in [0.3, 0.4) is 0 Å². The molecule has 8 heteroatoms. The summed E-state index contributed by atoms with van der Waals surface area (Å²) in [6.45, 7) is 9.87. The number of rotatable bonds is 13. The third kappa shape index (κ3) is 8.23. The first-order chi connectivity index (χ1) is 15.4. The van der Waals surface area contributed by atoms with Gasteiger partial charge in [-0.3, -0.25) is 4.99 Å². The second-order valence-electron chi connectivity index (χ2n) is 8.81. The Bertz CT molecular complexity index is 761. The van der Waals surface area contributed by atoms with E-state index in [1.807, 2.05) is 0 Å². The number of unbranched alkanes of at least 4 members (excludes halogenated alkanes) is 2. The molecule has 1 fully saturated rings. The molecule has 0 aromatic rings. The fourth-order valence-electron chi connectivity index (χ4n) is 4.84. The number of allylic oxidation sites excluding steroid dienone is 5. The molecule has 32 heavy (non-hydrogen) atoms. The number of hydrogen-bond acceptors (Lipinski definition) is 6. The Balaban J connectivity index is 1.86. The Labute approximate surface area is 205 Å². The molecule has 2 atom stereocenters. The molecule has 2 aliphatic carbocycles. The van der Waals surface area contributed by atoms with Gasteiger partial charge >= 0.3 is 0 Å². The summed E-state index contributed by atoms with van der Waals surface area (Å²) in [5, 5.41) is 4.09. The first kappa shape index (κ1) is 27.5. The Kier molecular flexibility index (Phi) is 12.5. The van der Waals surface area contributed by atoms with Gasteiger partial charge in [-0.15, -0.1) is 7.37 Å². The minimum Gasteiger partial charge on any atom is -0.392 e. The molecule has 0 bridgehead atoms. The lowest BCUT2D eigenvalue weighted by Gasteiger charge is -2.21. The summed E-state index contributed by atoms with van der Waals surface area (Å²) in [5.41, 5.74) is 13.2. The molecule has 3 N–H and O–H groups in total. The monoisotopic (exact) mass is 498 g/mol. The van der Waals surface area contributed by atoms with Gasteiger partial charge in [-0.2, -0.15) is 0 Å². The van der Waals surface area contributed by atoms with Gasteiger partial charge in [-0.1, -0.05) is 38.8 Å². The molecule has 0 aliphatic heterocycles. The summed E-state index contributed by atoms with van der Waals surface area (Å²) in [6.07, 6.45) is 14.2. The fraction of sp³-hybridized carbons (Fsp3) is 0.625. The predicted octanol–water partition coefficient (Wildman–Crippen LogP) is 7.27. The van der Waals surface area contributed by atoms with Crippen molar-refractivity contribution in [2.45, 2.75) is 71.6 Å². The lowest BCUT2D eigenvalue weighted by atomic mass is 9.88. The summed E-state index contributed by atoms with van der Waals surface area (Å²) in [4.78, 5) is 4.40. The second-order valence-corrected chi connectivity index (χ2v) is 11.9. The predicted molar refractivity (Wildman–Crippen MR) is 146 cm³/mol. The van der Waals surface area contributed by atoms with Crippen molar-refractivity contribution in [2.24, 2.45) is 22.6 Å². The molecule has 1 saturated carbocycles. The van der Waals surface area contributed by atoms with Crippen LogP contribution in [-0.4, -0.2) is 23.3 Å². The van der Waals surface area contributed by atoms with Crippen LogP contribution in [0.25, 0.3) is 0 Å². The van der Waals surface area contributed by atoms with Gasteiger partial charge in [0.1, 0.15) is 12.3 Å². The fourth-order valence-corrected chi connectivity index (χ4v) is 5.91. The van der Waals surface area contributed by atoms with Crippen LogP contribution in [0, 0.1) is 11.8 Å². The smallest absolute Gasteiger partial charge is 0.149 e. The van der Waals surface area contributed by atoms with Gasteiger partial charge in [-0.05, 0) is 101 Å². The van der Waals surface area contributed by atoms with Crippen molar-refractivity contribution < 1.29 is 3.89 Å². The Hall–Kier alpha value is -0.750. The van der Waals surface area contributed by atoms with E-state index in [1.165, 1.54) is 65.3 Å². The quantitative estimate of drug-likeness (QED) is 0.121. The van der Waals surface area contributed by atoms with Crippen molar-refractivity contribution in [1.29, 1.82) is 0 Å². The molecule has 0 radical (unpaired) electrons. The van der Waals surface area contributed by atoms with Crippen LogP contribution in [0.5, 0.6) is 0 Å². The molecule has 0 amide bonds. The standard InChI is InChI=1S/C24H40FN4PS2/c1-17(2)20-10-8-11-21(20)24(27-4)23-18(3)12-13-19(23)9-6-5-7-15-28-16-14-22(26)31-29(30)32-25/h14,16-17,19,27H,3,5-13,15,26,30H2,1-2,4H3/b22-14+,24-23-,28-16?. The van der Waals surface area contributed by atoms with Crippen LogP contribution in [0.2, 0.25) is 0 Å². The number of nitrogens with zero attached hydrogens (tertiary/aromatic N) is 2. The number of halogens is 1. The third-order valence-electron chi connectivity index (χ3n) is 6.31. The van der Waals surface area contributed by atoms with Crippen LogP contribution in [-0.2, 0) is 0 Å². The molecule has 2 unspecified atom stereocenters. The zero-order chi connectivity index (χ0) is 23.5. The van der Waals surface area contributed by atoms with Gasteiger partial charge in [0, 0.05) is 25.5 Å². The number of aliphatic imine (C=N–C) groups is 1. The van der Waals surface area contributed by atoms with Crippen LogP contribution < -0.4 is 11.1 Å². The molecular formula is C24H40FN4PS2. The van der Waals surface area contributed by atoms with Crippen molar-refractivity contribution in [3.63, 3.8) is 0 Å². The van der Waals surface area contributed by atoms with Crippen LogP contribution in [0.1, 0.15) is 71.6 Å². The molecule has 180 valence electrons. The molecular weight excluding hydrogens is 458 g/mol. The van der Waals surface area contributed by atoms with E-state index >= 15 is 0 Å². The Morgan fingerprint density at radius 1 is 1.34 bits per heavy atom. The van der Waals surface area contributed by atoms with Crippen molar-refractivity contribution in [2.75, 3.05) is 13.6 Å². The van der Waals surface area contributed by atoms with E-state index in [-0.39, 0.29) is 12.3 Å². The number of hydrogen-bond donors (Lipinski definition) is 2. The maximum Gasteiger partial charge on any atom is 0.149 e. The van der Waals surface area contributed by atoms with E-state index in [4.69, 9.17) is 5.73 Å². The summed E-state index contributed by atoms with van der Waals surface area (Å²) < 4.78 is 13.6. The number of likely N-dealkylation sites (N-methyl/N-ethyl adjacent to an activating group) is 1. The van der Waals surface area contributed by atoms with E-state index in [1.54, 1.807) is 23.4 Å². The summed E-state index contributed by atoms with van der Waals surface area (Å²) in [5.74, 6) is 1.24. The Morgan fingerprint density at radius 3 is 2.81 bits per heavy atom. The van der Waals surface area contributed by atoms with Crippen molar-refractivity contribution in [1.82, 2.24) is 8.80 Å². The number of nitrogens with two attached hydrogens (primary N) is 1. The van der Waals surface area contributed by atoms with Gasteiger partial charge in [-0.25, -0.2) is 0 Å². The maximum absolute atomic E-state index is 12.3. The zero-order valence-corrected chi connectivity index (χ0v) is 22.6. The highest BCUT2D eigenvalue weighted by Gasteiger charge is 2.30. The van der Waals surface area contributed by atoms with E-state index in [9.17, 15) is 3.89 Å². The Morgan fingerprint density at radius 2 is 2.12 bits per heavy atom. The second kappa shape index (κ2) is 14.5. The minimum absolute atomic E-state index is 0.107. The third-order valence-corrected chi connectivity index (χ3v) is 7.92. The zero-order valence-electron chi connectivity index (χ0n) is 19.8. The average molecular weight is 499 g/mol. The van der Waals surface area contributed by atoms with Crippen molar-refractivity contribution in [3.8, 4) is 0 Å². The lowest BCUT2D eigenvalue weighted by molar-refractivity contribution is 0.518. The van der Waals surface area contributed by atoms with Crippen LogP contribution in [0.4, 0.5) is 3.89 Å². The van der Waals surface area contributed by atoms with Crippen molar-refractivity contribution >= 4 is 39.9 Å². The number of nitrogens with one attached hydrogen (secondary N) is 1. The molecule has 0 aromatic heterocycles. The molecule has 2 aliphatic rings. The first-order valence-corrected chi connectivity index (χ1v) is 13.6. The summed E-state index contributed by atoms with van der Waals surface area (Å²) in [7, 11) is 4.32. The molecule has 4 nitrogen and oxygen atoms in total. The molecule has 0 heterocycles. The van der Waals surface area contributed by atoms with Gasteiger partial charge < -0.3 is 11.1 Å². The van der Waals surface area contributed by atoms with E-state index < -0.39 is 0 Å². The largest absolute Gasteiger partial charge is 0.392 e. The topological polar surface area (TPSA) is 53.6 Å². The summed E-state index contributed by atoms with van der Waals surface area (Å²) >= 11 is 1.22. The van der Waals surface area contributed by atoms with Gasteiger partial charge in [0.15, 0.2) is 0 Å². The highest BCUT2D eigenvalue weighted by atomic mass is 32.2. The normalized spacial score (nSPS) is 21.7. The highest BCUT2D eigenvalue weighted by Crippen LogP contribution is 2.44. The van der Waals surface area contributed by atoms with E-state index in [0.717, 1.165) is 31.3 Å². The first-order valence-electron chi connectivity index (χ1n) is 11.7. The SMILES string of the molecule is C=C1CCC(CCCCCN=C/C=C(\N)SN(P)SF)/C1=C(\NC)C1=C(C(C)C)CCC1. The van der Waals surface area contributed by atoms with Crippen LogP contribution >= 0.6 is 33.7 Å². The highest BCUT2D eigenvalue weighted by molar-refractivity contribution is 8.15. The van der Waals surface area contributed by atoms with Gasteiger partial charge in [0.25, 0.3) is 0 Å². The van der Waals surface area contributed by atoms with Gasteiger partial charge in [0.2, 0.25) is 0 Å². The maximum atomic E-state index is 12.3. The van der Waals surface area contributed by atoms with E-state index in [2.05, 4.69) is 47.2 Å². The van der Waals surface area contributed by atoms with Crippen LogP contribution in [0.15, 0.2) is 50.7 Å².